The van der Waals surface area contributed by atoms with Gasteiger partial charge >= 0.3 is 6.03 Å². The summed E-state index contributed by atoms with van der Waals surface area (Å²) in [7, 11) is 0. The molecule has 0 heterocycles. The summed E-state index contributed by atoms with van der Waals surface area (Å²) < 4.78 is 13.5. The van der Waals surface area contributed by atoms with E-state index in [0.717, 1.165) is 23.8 Å². The molecular formula is C14H12FN3O3. The number of carbonyl (C=O) groups excluding carboxylic acids is 1. The lowest BCUT2D eigenvalue weighted by Gasteiger charge is -2.08. The second-order valence-electron chi connectivity index (χ2n) is 4.37. The minimum atomic E-state index is -0.750. The van der Waals surface area contributed by atoms with Gasteiger partial charge in [-0.2, -0.15) is 0 Å². The third-order valence-corrected chi connectivity index (χ3v) is 2.72. The van der Waals surface area contributed by atoms with Gasteiger partial charge in [0, 0.05) is 17.8 Å². The molecule has 0 bridgehead atoms. The van der Waals surface area contributed by atoms with Gasteiger partial charge in [-0.15, -0.1) is 0 Å². The summed E-state index contributed by atoms with van der Waals surface area (Å²) in [5.41, 5.74) is 1.01. The highest BCUT2D eigenvalue weighted by atomic mass is 19.1. The molecule has 21 heavy (non-hydrogen) atoms. The van der Waals surface area contributed by atoms with E-state index in [1.54, 1.807) is 12.1 Å². The van der Waals surface area contributed by atoms with Gasteiger partial charge in [-0.25, -0.2) is 9.18 Å². The second-order valence-corrected chi connectivity index (χ2v) is 4.37. The average molecular weight is 289 g/mol. The highest BCUT2D eigenvalue weighted by Crippen LogP contribution is 2.21. The highest BCUT2D eigenvalue weighted by molar-refractivity contribution is 6.00. The van der Waals surface area contributed by atoms with Crippen LogP contribution < -0.4 is 10.6 Å². The van der Waals surface area contributed by atoms with Gasteiger partial charge in [-0.3, -0.25) is 10.1 Å². The van der Waals surface area contributed by atoms with Crippen LogP contribution in [0.5, 0.6) is 0 Å². The molecule has 7 heteroatoms. The molecule has 0 aromatic heterocycles. The first-order valence-electron chi connectivity index (χ1n) is 6.04. The van der Waals surface area contributed by atoms with Crippen molar-refractivity contribution in [2.75, 3.05) is 10.6 Å². The molecule has 2 aromatic carbocycles. The van der Waals surface area contributed by atoms with Gasteiger partial charge in [-0.1, -0.05) is 17.7 Å². The second kappa shape index (κ2) is 6.00. The largest absolute Gasteiger partial charge is 0.323 e. The molecule has 0 aliphatic rings. The summed E-state index contributed by atoms with van der Waals surface area (Å²) in [5.74, 6) is -0.750. The van der Waals surface area contributed by atoms with E-state index in [-0.39, 0.29) is 11.4 Å². The van der Waals surface area contributed by atoms with Crippen molar-refractivity contribution >= 4 is 23.1 Å². The summed E-state index contributed by atoms with van der Waals surface area (Å²) in [4.78, 5) is 21.7. The Morgan fingerprint density at radius 1 is 1.14 bits per heavy atom. The molecule has 6 nitrogen and oxygen atoms in total. The zero-order valence-corrected chi connectivity index (χ0v) is 11.1. The Morgan fingerprint density at radius 3 is 2.43 bits per heavy atom. The van der Waals surface area contributed by atoms with Crippen LogP contribution in [0.1, 0.15) is 5.56 Å². The van der Waals surface area contributed by atoms with E-state index in [0.29, 0.717) is 5.69 Å². The number of anilines is 2. The van der Waals surface area contributed by atoms with E-state index in [9.17, 15) is 19.3 Å². The molecule has 0 unspecified atom stereocenters. The molecule has 2 N–H and O–H groups in total. The number of hydrogen-bond acceptors (Lipinski definition) is 3. The predicted octanol–water partition coefficient (Wildman–Crippen LogP) is 3.69. The van der Waals surface area contributed by atoms with Crippen LogP contribution in [-0.4, -0.2) is 11.0 Å². The standard InChI is InChI=1S/C14H12FN3O3/c1-9-2-4-10(5-3-9)16-14(19)17-13-8-11(18(20)21)6-7-12(13)15/h2-8H,1H3,(H2,16,17,19). The maximum Gasteiger partial charge on any atom is 0.323 e. The third-order valence-electron chi connectivity index (χ3n) is 2.72. The number of halogens is 1. The molecule has 0 aliphatic carbocycles. The van der Waals surface area contributed by atoms with Gasteiger partial charge in [0.15, 0.2) is 0 Å². The number of nitrogens with zero attached hydrogens (tertiary/aromatic N) is 1. The number of rotatable bonds is 3. The van der Waals surface area contributed by atoms with E-state index < -0.39 is 16.8 Å². The van der Waals surface area contributed by atoms with E-state index >= 15 is 0 Å². The summed E-state index contributed by atoms with van der Waals surface area (Å²) in [6, 6.07) is 9.24. The van der Waals surface area contributed by atoms with E-state index in [1.807, 2.05) is 19.1 Å². The monoisotopic (exact) mass is 289 g/mol. The van der Waals surface area contributed by atoms with Crippen molar-refractivity contribution in [3.8, 4) is 0 Å². The fourth-order valence-corrected chi connectivity index (χ4v) is 1.64. The van der Waals surface area contributed by atoms with Crippen molar-refractivity contribution in [2.45, 2.75) is 6.92 Å². The Bertz CT molecular complexity index is 686. The van der Waals surface area contributed by atoms with Crippen LogP contribution >= 0.6 is 0 Å². The van der Waals surface area contributed by atoms with Crippen LogP contribution in [0.3, 0.4) is 0 Å². The zero-order valence-electron chi connectivity index (χ0n) is 11.1. The predicted molar refractivity (Wildman–Crippen MR) is 76.9 cm³/mol. The van der Waals surface area contributed by atoms with Crippen molar-refractivity contribution < 1.29 is 14.1 Å². The normalized spacial score (nSPS) is 10.0. The lowest BCUT2D eigenvalue weighted by molar-refractivity contribution is -0.384. The fraction of sp³-hybridized carbons (Fsp3) is 0.0714. The molecule has 0 radical (unpaired) electrons. The van der Waals surface area contributed by atoms with Crippen molar-refractivity contribution in [3.05, 3.63) is 64.0 Å². The van der Waals surface area contributed by atoms with Gasteiger partial charge in [0.1, 0.15) is 5.82 Å². The number of nitro groups is 1. The lowest BCUT2D eigenvalue weighted by Crippen LogP contribution is -2.20. The quantitative estimate of drug-likeness (QED) is 0.667. The van der Waals surface area contributed by atoms with Crippen molar-refractivity contribution in [1.29, 1.82) is 0 Å². The zero-order chi connectivity index (χ0) is 15.4. The van der Waals surface area contributed by atoms with Crippen LogP contribution in [0, 0.1) is 22.9 Å². The smallest absolute Gasteiger partial charge is 0.308 e. The summed E-state index contributed by atoms with van der Waals surface area (Å²) in [6.07, 6.45) is 0. The fourth-order valence-electron chi connectivity index (χ4n) is 1.64. The molecule has 2 amide bonds. The van der Waals surface area contributed by atoms with Crippen LogP contribution in [-0.2, 0) is 0 Å². The summed E-state index contributed by atoms with van der Waals surface area (Å²) in [6.45, 7) is 1.91. The van der Waals surface area contributed by atoms with E-state index in [1.165, 1.54) is 0 Å². The minimum absolute atomic E-state index is 0.256. The molecule has 0 aliphatic heterocycles. The van der Waals surface area contributed by atoms with Gasteiger partial charge in [-0.05, 0) is 25.1 Å². The Kier molecular flexibility index (Phi) is 4.13. The molecule has 0 fully saturated rings. The van der Waals surface area contributed by atoms with Crippen LogP contribution in [0.15, 0.2) is 42.5 Å². The van der Waals surface area contributed by atoms with Crippen molar-refractivity contribution in [2.24, 2.45) is 0 Å². The van der Waals surface area contributed by atoms with Crippen LogP contribution in [0.2, 0.25) is 0 Å². The number of amides is 2. The molecule has 2 aromatic rings. The first-order chi connectivity index (χ1) is 9.95. The summed E-state index contributed by atoms with van der Waals surface area (Å²) >= 11 is 0. The summed E-state index contributed by atoms with van der Waals surface area (Å²) in [5, 5.41) is 15.4. The number of aryl methyl sites for hydroxylation is 1. The van der Waals surface area contributed by atoms with Crippen molar-refractivity contribution in [1.82, 2.24) is 0 Å². The van der Waals surface area contributed by atoms with Gasteiger partial charge < -0.3 is 10.6 Å². The van der Waals surface area contributed by atoms with Gasteiger partial charge in [0.2, 0.25) is 0 Å². The molecule has 0 atom stereocenters. The molecule has 108 valence electrons. The third kappa shape index (κ3) is 3.75. The number of urea groups is 1. The van der Waals surface area contributed by atoms with Gasteiger partial charge in [0.25, 0.3) is 5.69 Å². The Morgan fingerprint density at radius 2 is 1.81 bits per heavy atom. The van der Waals surface area contributed by atoms with Gasteiger partial charge in [0.05, 0.1) is 10.6 Å². The van der Waals surface area contributed by atoms with E-state index in [4.69, 9.17) is 0 Å². The Balaban J connectivity index is 2.10. The number of non-ortho nitro benzene ring substituents is 1. The molecule has 0 spiro atoms. The maximum atomic E-state index is 13.5. The number of carbonyl (C=O) groups is 1. The van der Waals surface area contributed by atoms with E-state index in [2.05, 4.69) is 10.6 Å². The lowest BCUT2D eigenvalue weighted by atomic mass is 10.2. The SMILES string of the molecule is Cc1ccc(NC(=O)Nc2cc([N+](=O)[O-])ccc2F)cc1. The number of benzene rings is 2. The first-order valence-corrected chi connectivity index (χ1v) is 6.04. The van der Waals surface area contributed by atoms with Crippen LogP contribution in [0.25, 0.3) is 0 Å². The first kappa shape index (κ1) is 14.4. The molecule has 0 saturated carbocycles. The maximum absolute atomic E-state index is 13.5. The molecule has 2 rings (SSSR count). The number of nitro benzene ring substituents is 1. The number of nitrogens with one attached hydrogen (secondary N) is 2. The molecule has 0 saturated heterocycles. The highest BCUT2D eigenvalue weighted by Gasteiger charge is 2.13. The average Bonchev–Trinajstić information content (AvgIpc) is 2.43. The van der Waals surface area contributed by atoms with Crippen LogP contribution in [0.4, 0.5) is 26.2 Å². The number of hydrogen-bond donors (Lipinski definition) is 2. The Labute approximate surface area is 119 Å². The van der Waals surface area contributed by atoms with Crippen molar-refractivity contribution in [3.63, 3.8) is 0 Å². The minimum Gasteiger partial charge on any atom is -0.308 e. The topological polar surface area (TPSA) is 84.3 Å². The Hall–Kier alpha value is -2.96. The molecular weight excluding hydrogens is 277 g/mol.